The third-order valence-corrected chi connectivity index (χ3v) is 4.89. The van der Waals surface area contributed by atoms with Crippen LogP contribution < -0.4 is 19.7 Å². The van der Waals surface area contributed by atoms with Gasteiger partial charge >= 0.3 is 6.03 Å². The summed E-state index contributed by atoms with van der Waals surface area (Å²) in [6.45, 7) is 8.07. The highest BCUT2D eigenvalue weighted by Crippen LogP contribution is 2.27. The van der Waals surface area contributed by atoms with E-state index in [1.165, 1.54) is 11.3 Å². The minimum Gasteiger partial charge on any atom is -0.493 e. The fourth-order valence-corrected chi connectivity index (χ4v) is 3.32. The number of carbonyl (C=O) groups excluding carboxylic acids is 1. The Morgan fingerprint density at radius 3 is 2.46 bits per heavy atom. The molecular formula is C22H29N3O3. The number of urea groups is 1. The van der Waals surface area contributed by atoms with Gasteiger partial charge in [0.25, 0.3) is 0 Å². The standard InChI is InChI=1S/C22H29N3O3/c1-17-5-4-6-19(15-17)24-10-12-25(13-11-24)22(26)23-9-14-28-20-8-7-18(2)16-21(20)27-3/h4-8,15-16H,9-14H2,1-3H3,(H,23,26). The Labute approximate surface area is 167 Å². The molecule has 1 fully saturated rings. The summed E-state index contributed by atoms with van der Waals surface area (Å²) >= 11 is 0. The van der Waals surface area contributed by atoms with Crippen LogP contribution in [0.5, 0.6) is 11.5 Å². The molecular weight excluding hydrogens is 354 g/mol. The Hall–Kier alpha value is -2.89. The van der Waals surface area contributed by atoms with Crippen LogP contribution in [0.1, 0.15) is 11.1 Å². The number of rotatable bonds is 6. The van der Waals surface area contributed by atoms with Crippen LogP contribution in [-0.4, -0.2) is 57.4 Å². The quantitative estimate of drug-likeness (QED) is 0.778. The zero-order chi connectivity index (χ0) is 19.9. The van der Waals surface area contributed by atoms with E-state index in [4.69, 9.17) is 9.47 Å². The van der Waals surface area contributed by atoms with E-state index in [1.807, 2.05) is 30.0 Å². The highest BCUT2D eigenvalue weighted by atomic mass is 16.5. The summed E-state index contributed by atoms with van der Waals surface area (Å²) in [7, 11) is 1.62. The molecule has 6 nitrogen and oxygen atoms in total. The minimum absolute atomic E-state index is 0.0386. The van der Waals surface area contributed by atoms with Crippen molar-refractivity contribution in [2.45, 2.75) is 13.8 Å². The number of hydrogen-bond donors (Lipinski definition) is 1. The van der Waals surface area contributed by atoms with Gasteiger partial charge < -0.3 is 24.6 Å². The van der Waals surface area contributed by atoms with Crippen molar-refractivity contribution in [3.05, 3.63) is 53.6 Å². The molecule has 1 aliphatic rings. The molecule has 2 aromatic carbocycles. The van der Waals surface area contributed by atoms with Crippen molar-refractivity contribution in [1.29, 1.82) is 0 Å². The van der Waals surface area contributed by atoms with Crippen LogP contribution in [0.25, 0.3) is 0 Å². The van der Waals surface area contributed by atoms with Crippen LogP contribution >= 0.6 is 0 Å². The van der Waals surface area contributed by atoms with Gasteiger partial charge in [0.2, 0.25) is 0 Å². The second-order valence-electron chi connectivity index (χ2n) is 7.05. The molecule has 2 amide bonds. The van der Waals surface area contributed by atoms with Gasteiger partial charge in [-0.05, 0) is 49.2 Å². The van der Waals surface area contributed by atoms with Gasteiger partial charge in [0.05, 0.1) is 13.7 Å². The van der Waals surface area contributed by atoms with Crippen LogP contribution in [0.4, 0.5) is 10.5 Å². The van der Waals surface area contributed by atoms with E-state index in [2.05, 4.69) is 41.4 Å². The summed E-state index contributed by atoms with van der Waals surface area (Å²) in [6.07, 6.45) is 0. The maximum Gasteiger partial charge on any atom is 0.317 e. The molecule has 1 heterocycles. The van der Waals surface area contributed by atoms with Crippen molar-refractivity contribution < 1.29 is 14.3 Å². The number of aryl methyl sites for hydroxylation is 2. The number of anilines is 1. The first kappa shape index (κ1) is 19.9. The molecule has 0 unspecified atom stereocenters. The van der Waals surface area contributed by atoms with Crippen molar-refractivity contribution >= 4 is 11.7 Å². The molecule has 0 aromatic heterocycles. The molecule has 1 saturated heterocycles. The molecule has 0 atom stereocenters. The van der Waals surface area contributed by atoms with Crippen LogP contribution in [0.2, 0.25) is 0 Å². The molecule has 150 valence electrons. The molecule has 1 aliphatic heterocycles. The zero-order valence-electron chi connectivity index (χ0n) is 16.9. The van der Waals surface area contributed by atoms with Crippen LogP contribution in [0, 0.1) is 13.8 Å². The topological polar surface area (TPSA) is 54.0 Å². The highest BCUT2D eigenvalue weighted by Gasteiger charge is 2.21. The number of carbonyl (C=O) groups is 1. The second kappa shape index (κ2) is 9.35. The number of nitrogens with one attached hydrogen (secondary N) is 1. The Kier molecular flexibility index (Phi) is 6.63. The number of nitrogens with zero attached hydrogens (tertiary/aromatic N) is 2. The van der Waals surface area contributed by atoms with Gasteiger partial charge in [0, 0.05) is 31.9 Å². The molecule has 0 saturated carbocycles. The fraction of sp³-hybridized carbons (Fsp3) is 0.409. The second-order valence-corrected chi connectivity index (χ2v) is 7.05. The molecule has 0 spiro atoms. The van der Waals surface area contributed by atoms with Gasteiger partial charge in [-0.2, -0.15) is 0 Å². The lowest BCUT2D eigenvalue weighted by Crippen LogP contribution is -2.52. The predicted octanol–water partition coefficient (Wildman–Crippen LogP) is 3.22. The Balaban J connectivity index is 1.40. The molecule has 2 aromatic rings. The monoisotopic (exact) mass is 383 g/mol. The maximum absolute atomic E-state index is 12.4. The van der Waals surface area contributed by atoms with Crippen LogP contribution in [-0.2, 0) is 0 Å². The van der Waals surface area contributed by atoms with Gasteiger partial charge in [-0.1, -0.05) is 18.2 Å². The number of benzene rings is 2. The zero-order valence-corrected chi connectivity index (χ0v) is 16.9. The molecule has 28 heavy (non-hydrogen) atoms. The Morgan fingerprint density at radius 2 is 1.75 bits per heavy atom. The van der Waals surface area contributed by atoms with E-state index < -0.39 is 0 Å². The summed E-state index contributed by atoms with van der Waals surface area (Å²) in [6, 6.07) is 14.2. The van der Waals surface area contributed by atoms with E-state index in [0.29, 0.717) is 37.7 Å². The number of hydrogen-bond acceptors (Lipinski definition) is 4. The number of amides is 2. The van der Waals surface area contributed by atoms with E-state index in [0.717, 1.165) is 18.7 Å². The van der Waals surface area contributed by atoms with E-state index in [9.17, 15) is 4.79 Å². The first-order chi connectivity index (χ1) is 13.6. The third-order valence-electron chi connectivity index (χ3n) is 4.89. The Morgan fingerprint density at radius 1 is 1.00 bits per heavy atom. The summed E-state index contributed by atoms with van der Waals surface area (Å²) in [5, 5.41) is 2.94. The van der Waals surface area contributed by atoms with Crippen molar-refractivity contribution in [3.8, 4) is 11.5 Å². The molecule has 3 rings (SSSR count). The van der Waals surface area contributed by atoms with Crippen LogP contribution in [0.3, 0.4) is 0 Å². The lowest BCUT2D eigenvalue weighted by Gasteiger charge is -2.36. The normalized spacial score (nSPS) is 14.0. The molecule has 6 heteroatoms. The number of methoxy groups -OCH3 is 1. The van der Waals surface area contributed by atoms with E-state index in [1.54, 1.807) is 7.11 Å². The summed E-state index contributed by atoms with van der Waals surface area (Å²) in [5.74, 6) is 1.40. The summed E-state index contributed by atoms with van der Waals surface area (Å²) in [4.78, 5) is 16.6. The van der Waals surface area contributed by atoms with Crippen LogP contribution in [0.15, 0.2) is 42.5 Å². The number of ether oxygens (including phenoxy) is 2. The van der Waals surface area contributed by atoms with Crippen molar-refractivity contribution in [2.75, 3.05) is 51.3 Å². The molecule has 0 aliphatic carbocycles. The molecule has 0 radical (unpaired) electrons. The van der Waals surface area contributed by atoms with E-state index >= 15 is 0 Å². The molecule has 0 bridgehead atoms. The van der Waals surface area contributed by atoms with E-state index in [-0.39, 0.29) is 6.03 Å². The maximum atomic E-state index is 12.4. The third kappa shape index (κ3) is 5.09. The smallest absolute Gasteiger partial charge is 0.317 e. The lowest BCUT2D eigenvalue weighted by molar-refractivity contribution is 0.191. The molecule has 1 N–H and O–H groups in total. The predicted molar refractivity (Wildman–Crippen MR) is 112 cm³/mol. The van der Waals surface area contributed by atoms with Gasteiger partial charge in [-0.3, -0.25) is 0 Å². The minimum atomic E-state index is -0.0386. The van der Waals surface area contributed by atoms with Crippen molar-refractivity contribution in [1.82, 2.24) is 10.2 Å². The average molecular weight is 383 g/mol. The average Bonchev–Trinajstić information content (AvgIpc) is 2.72. The Bertz CT molecular complexity index is 801. The SMILES string of the molecule is COc1cc(C)ccc1OCCNC(=O)N1CCN(c2cccc(C)c2)CC1. The van der Waals surface area contributed by atoms with Gasteiger partial charge in [0.1, 0.15) is 6.61 Å². The first-order valence-corrected chi connectivity index (χ1v) is 9.68. The summed E-state index contributed by atoms with van der Waals surface area (Å²) < 4.78 is 11.1. The van der Waals surface area contributed by atoms with Gasteiger partial charge in [-0.25, -0.2) is 4.79 Å². The highest BCUT2D eigenvalue weighted by molar-refractivity contribution is 5.74. The largest absolute Gasteiger partial charge is 0.493 e. The van der Waals surface area contributed by atoms with Crippen molar-refractivity contribution in [3.63, 3.8) is 0 Å². The lowest BCUT2D eigenvalue weighted by atomic mass is 10.2. The summed E-state index contributed by atoms with van der Waals surface area (Å²) in [5.41, 5.74) is 3.59. The first-order valence-electron chi connectivity index (χ1n) is 9.68. The fourth-order valence-electron chi connectivity index (χ4n) is 3.32. The number of piperazine rings is 1. The van der Waals surface area contributed by atoms with Gasteiger partial charge in [0.15, 0.2) is 11.5 Å². The van der Waals surface area contributed by atoms with Gasteiger partial charge in [-0.15, -0.1) is 0 Å². The van der Waals surface area contributed by atoms with Crippen molar-refractivity contribution in [2.24, 2.45) is 0 Å².